The lowest BCUT2D eigenvalue weighted by Gasteiger charge is -2.16. The third-order valence-electron chi connectivity index (χ3n) is 3.07. The number of fused-ring (bicyclic) bond motifs is 1. The van der Waals surface area contributed by atoms with E-state index in [0.29, 0.717) is 5.09 Å². The molecule has 0 radical (unpaired) electrons. The van der Waals surface area contributed by atoms with E-state index in [-0.39, 0.29) is 5.76 Å². The fraction of sp³-hybridized carbons (Fsp3) is 0.308. The first-order valence-electron chi connectivity index (χ1n) is 6.08. The Bertz CT molecular complexity index is 624. The van der Waals surface area contributed by atoms with Crippen molar-refractivity contribution >= 4 is 17.7 Å². The highest BCUT2D eigenvalue weighted by Crippen LogP contribution is 2.33. The highest BCUT2D eigenvalue weighted by Gasteiger charge is 2.18. The van der Waals surface area contributed by atoms with Gasteiger partial charge in [0.1, 0.15) is 11.4 Å². The minimum atomic E-state index is -1.06. The van der Waals surface area contributed by atoms with Gasteiger partial charge in [-0.2, -0.15) is 0 Å². The van der Waals surface area contributed by atoms with Crippen molar-refractivity contribution in [1.82, 2.24) is 9.97 Å². The van der Waals surface area contributed by atoms with Crippen LogP contribution < -0.4 is 0 Å². The van der Waals surface area contributed by atoms with Crippen LogP contribution in [0.25, 0.3) is 0 Å². The molecule has 3 rings (SSSR count). The van der Waals surface area contributed by atoms with Crippen molar-refractivity contribution in [2.45, 2.75) is 35.8 Å². The minimum Gasteiger partial charge on any atom is -0.475 e. The number of aromatic nitrogens is 2. The molecule has 0 atom stereocenters. The van der Waals surface area contributed by atoms with Gasteiger partial charge in [-0.05, 0) is 49.6 Å². The van der Waals surface area contributed by atoms with Gasteiger partial charge in [0.2, 0.25) is 5.76 Å². The molecule has 0 amide bonds. The SMILES string of the molecule is O=C(O)c1ccc(Sc2ncnc3c2CCCC3)o1. The van der Waals surface area contributed by atoms with Crippen LogP contribution in [0.3, 0.4) is 0 Å². The molecule has 1 aliphatic rings. The smallest absolute Gasteiger partial charge is 0.371 e. The van der Waals surface area contributed by atoms with Crippen molar-refractivity contribution in [1.29, 1.82) is 0 Å². The quantitative estimate of drug-likeness (QED) is 0.869. The highest BCUT2D eigenvalue weighted by atomic mass is 32.2. The molecule has 19 heavy (non-hydrogen) atoms. The van der Waals surface area contributed by atoms with Gasteiger partial charge in [-0.15, -0.1) is 0 Å². The topological polar surface area (TPSA) is 76.2 Å². The molecule has 0 spiro atoms. The molecule has 0 saturated heterocycles. The van der Waals surface area contributed by atoms with Gasteiger partial charge in [0.15, 0.2) is 5.09 Å². The average Bonchev–Trinajstić information content (AvgIpc) is 2.88. The molecule has 98 valence electrons. The lowest BCUT2D eigenvalue weighted by molar-refractivity contribution is 0.0656. The van der Waals surface area contributed by atoms with Crippen molar-refractivity contribution in [3.05, 3.63) is 35.5 Å². The summed E-state index contributed by atoms with van der Waals surface area (Å²) in [5, 5.41) is 10.2. The Kier molecular flexibility index (Phi) is 3.25. The van der Waals surface area contributed by atoms with Gasteiger partial charge < -0.3 is 9.52 Å². The number of rotatable bonds is 3. The van der Waals surface area contributed by atoms with Crippen molar-refractivity contribution in [3.8, 4) is 0 Å². The second kappa shape index (κ2) is 5.05. The molecule has 0 aliphatic heterocycles. The van der Waals surface area contributed by atoms with Crippen molar-refractivity contribution < 1.29 is 14.3 Å². The van der Waals surface area contributed by atoms with Crippen LogP contribution in [-0.2, 0) is 12.8 Å². The Balaban J connectivity index is 1.88. The molecular weight excluding hydrogens is 264 g/mol. The molecule has 2 heterocycles. The van der Waals surface area contributed by atoms with Crippen molar-refractivity contribution in [2.24, 2.45) is 0 Å². The summed E-state index contributed by atoms with van der Waals surface area (Å²) in [7, 11) is 0. The van der Waals surface area contributed by atoms with Crippen LogP contribution in [0.5, 0.6) is 0 Å². The Morgan fingerprint density at radius 3 is 2.89 bits per heavy atom. The van der Waals surface area contributed by atoms with Gasteiger partial charge in [-0.1, -0.05) is 0 Å². The van der Waals surface area contributed by atoms with Gasteiger partial charge in [0.25, 0.3) is 0 Å². The van der Waals surface area contributed by atoms with Gasteiger partial charge in [0, 0.05) is 11.3 Å². The molecular formula is C13H12N2O3S. The minimum absolute atomic E-state index is 0.0505. The normalized spacial score (nSPS) is 14.1. The zero-order valence-corrected chi connectivity index (χ0v) is 10.9. The van der Waals surface area contributed by atoms with Crippen LogP contribution in [-0.4, -0.2) is 21.0 Å². The van der Waals surface area contributed by atoms with E-state index in [4.69, 9.17) is 9.52 Å². The number of carbonyl (C=O) groups is 1. The fourth-order valence-corrected chi connectivity index (χ4v) is 3.07. The standard InChI is InChI=1S/C13H12N2O3S/c16-13(17)10-5-6-11(18-10)19-12-8-3-1-2-4-9(8)14-7-15-12/h5-7H,1-4H2,(H,16,17). The van der Waals surface area contributed by atoms with Crippen molar-refractivity contribution in [3.63, 3.8) is 0 Å². The van der Waals surface area contributed by atoms with Crippen LogP contribution >= 0.6 is 11.8 Å². The number of nitrogens with zero attached hydrogens (tertiary/aromatic N) is 2. The second-order valence-electron chi connectivity index (χ2n) is 4.34. The van der Waals surface area contributed by atoms with Crippen LogP contribution in [0.15, 0.2) is 33.0 Å². The fourth-order valence-electron chi connectivity index (χ4n) is 2.16. The number of hydrogen-bond acceptors (Lipinski definition) is 5. The molecule has 0 bridgehead atoms. The summed E-state index contributed by atoms with van der Waals surface area (Å²) in [6.07, 6.45) is 5.84. The average molecular weight is 276 g/mol. The summed E-state index contributed by atoms with van der Waals surface area (Å²) in [5.41, 5.74) is 2.28. The lowest BCUT2D eigenvalue weighted by Crippen LogP contribution is -2.07. The molecule has 2 aromatic heterocycles. The predicted octanol–water partition coefficient (Wildman–Crippen LogP) is 2.80. The van der Waals surface area contributed by atoms with E-state index in [1.165, 1.54) is 23.4 Å². The third-order valence-corrected chi connectivity index (χ3v) is 4.04. The lowest BCUT2D eigenvalue weighted by atomic mass is 9.98. The van der Waals surface area contributed by atoms with Crippen LogP contribution in [0, 0.1) is 0 Å². The largest absolute Gasteiger partial charge is 0.475 e. The molecule has 2 aromatic rings. The molecule has 1 aliphatic carbocycles. The number of aryl methyl sites for hydroxylation is 1. The van der Waals surface area contributed by atoms with Gasteiger partial charge in [-0.3, -0.25) is 0 Å². The van der Waals surface area contributed by atoms with Gasteiger partial charge in [-0.25, -0.2) is 14.8 Å². The molecule has 6 heteroatoms. The Hall–Kier alpha value is -1.82. The molecule has 0 fully saturated rings. The zero-order chi connectivity index (χ0) is 13.2. The monoisotopic (exact) mass is 276 g/mol. The molecule has 0 unspecified atom stereocenters. The third kappa shape index (κ3) is 2.49. The molecule has 1 N–H and O–H groups in total. The highest BCUT2D eigenvalue weighted by molar-refractivity contribution is 7.99. The summed E-state index contributed by atoms with van der Waals surface area (Å²) in [6.45, 7) is 0. The number of furan rings is 1. The van der Waals surface area contributed by atoms with E-state index in [1.54, 1.807) is 12.4 Å². The maximum Gasteiger partial charge on any atom is 0.371 e. The molecule has 0 aromatic carbocycles. The number of aromatic carboxylic acids is 1. The van der Waals surface area contributed by atoms with Crippen LogP contribution in [0.4, 0.5) is 0 Å². The van der Waals surface area contributed by atoms with E-state index >= 15 is 0 Å². The van der Waals surface area contributed by atoms with E-state index in [9.17, 15) is 4.79 Å². The van der Waals surface area contributed by atoms with Crippen LogP contribution in [0.2, 0.25) is 0 Å². The Labute approximate surface area is 114 Å². The summed E-state index contributed by atoms with van der Waals surface area (Å²) >= 11 is 1.36. The van der Waals surface area contributed by atoms with E-state index < -0.39 is 5.97 Å². The zero-order valence-electron chi connectivity index (χ0n) is 10.1. The van der Waals surface area contributed by atoms with Crippen molar-refractivity contribution in [2.75, 3.05) is 0 Å². The first-order chi connectivity index (χ1) is 9.24. The van der Waals surface area contributed by atoms with Gasteiger partial charge >= 0.3 is 5.97 Å². The number of carboxylic acids is 1. The summed E-state index contributed by atoms with van der Waals surface area (Å²) in [5.74, 6) is -1.11. The Morgan fingerprint density at radius 2 is 2.11 bits per heavy atom. The number of hydrogen-bond donors (Lipinski definition) is 1. The summed E-state index contributed by atoms with van der Waals surface area (Å²) in [4.78, 5) is 19.4. The maximum atomic E-state index is 10.8. The Morgan fingerprint density at radius 1 is 1.26 bits per heavy atom. The van der Waals surface area contributed by atoms with Crippen LogP contribution in [0.1, 0.15) is 34.7 Å². The summed E-state index contributed by atoms with van der Waals surface area (Å²) < 4.78 is 5.24. The number of carboxylic acid groups (broad SMARTS) is 1. The first kappa shape index (κ1) is 12.2. The van der Waals surface area contributed by atoms with Gasteiger partial charge in [0.05, 0.1) is 0 Å². The summed E-state index contributed by atoms with van der Waals surface area (Å²) in [6, 6.07) is 3.11. The molecule has 0 saturated carbocycles. The van der Waals surface area contributed by atoms with E-state index in [1.807, 2.05) is 0 Å². The maximum absolute atomic E-state index is 10.8. The first-order valence-corrected chi connectivity index (χ1v) is 6.89. The van der Waals surface area contributed by atoms with E-state index in [0.717, 1.165) is 36.4 Å². The predicted molar refractivity (Wildman–Crippen MR) is 68.5 cm³/mol. The van der Waals surface area contributed by atoms with E-state index in [2.05, 4.69) is 9.97 Å². The second-order valence-corrected chi connectivity index (χ2v) is 5.33. The molecule has 5 nitrogen and oxygen atoms in total.